The van der Waals surface area contributed by atoms with Crippen molar-refractivity contribution in [2.45, 2.75) is 57.8 Å². The van der Waals surface area contributed by atoms with Crippen LogP contribution in [0.5, 0.6) is 0 Å². The summed E-state index contributed by atoms with van der Waals surface area (Å²) in [6, 6.07) is 4.71. The van der Waals surface area contributed by atoms with E-state index in [-0.39, 0.29) is 5.82 Å². The fourth-order valence-corrected chi connectivity index (χ4v) is 4.68. The molecule has 4 rings (SSSR count). The largest absolute Gasteiger partial charge is 0.356 e. The Morgan fingerprint density at radius 3 is 2.64 bits per heavy atom. The molecule has 25 heavy (non-hydrogen) atoms. The first-order chi connectivity index (χ1) is 12.3. The Morgan fingerprint density at radius 1 is 1.04 bits per heavy atom. The highest BCUT2D eigenvalue weighted by atomic mass is 19.1. The molecule has 2 aliphatic rings. The fraction of sp³-hybridized carbons (Fsp3) is 0.667. The summed E-state index contributed by atoms with van der Waals surface area (Å²) in [5.41, 5.74) is 1.55. The van der Waals surface area contributed by atoms with Crippen molar-refractivity contribution in [2.24, 2.45) is 11.8 Å². The van der Waals surface area contributed by atoms with Gasteiger partial charge >= 0.3 is 0 Å². The summed E-state index contributed by atoms with van der Waals surface area (Å²) >= 11 is 0. The second-order valence-electron chi connectivity index (χ2n) is 8.06. The van der Waals surface area contributed by atoms with Gasteiger partial charge in [0.2, 0.25) is 0 Å². The first-order valence-electron chi connectivity index (χ1n) is 10.0. The van der Waals surface area contributed by atoms with Crippen LogP contribution in [0.4, 0.5) is 4.39 Å². The lowest BCUT2D eigenvalue weighted by molar-refractivity contribution is 0.142. The van der Waals surface area contributed by atoms with E-state index in [9.17, 15) is 4.39 Å². The van der Waals surface area contributed by atoms with Gasteiger partial charge in [-0.2, -0.15) is 0 Å². The third-order valence-corrected chi connectivity index (χ3v) is 6.25. The van der Waals surface area contributed by atoms with E-state index in [2.05, 4.69) is 10.1 Å². The minimum Gasteiger partial charge on any atom is -0.356 e. The quantitative estimate of drug-likeness (QED) is 0.747. The summed E-state index contributed by atoms with van der Waals surface area (Å²) in [5, 5.41) is 5.13. The number of aromatic nitrogens is 1. The van der Waals surface area contributed by atoms with Crippen LogP contribution >= 0.6 is 0 Å². The van der Waals surface area contributed by atoms with Crippen LogP contribution in [-0.2, 0) is 6.42 Å². The van der Waals surface area contributed by atoms with Crippen molar-refractivity contribution in [2.75, 3.05) is 19.6 Å². The number of halogens is 1. The van der Waals surface area contributed by atoms with Gasteiger partial charge in [0.1, 0.15) is 5.82 Å². The number of rotatable bonds is 5. The molecule has 1 aromatic carbocycles. The SMILES string of the molecule is Fc1ccc2c(CCC3CCN(CC4CCCCC4)CC3)noc2c1. The first-order valence-corrected chi connectivity index (χ1v) is 10.0. The highest BCUT2D eigenvalue weighted by Gasteiger charge is 2.23. The number of piperidine rings is 1. The number of fused-ring (bicyclic) bond motifs is 1. The zero-order chi connectivity index (χ0) is 17.1. The molecule has 0 bridgehead atoms. The van der Waals surface area contributed by atoms with Crippen LogP contribution in [0.2, 0.25) is 0 Å². The fourth-order valence-electron chi connectivity index (χ4n) is 4.68. The molecule has 2 fully saturated rings. The Balaban J connectivity index is 1.24. The number of benzene rings is 1. The molecule has 0 atom stereocenters. The lowest BCUT2D eigenvalue weighted by Gasteiger charge is -2.35. The number of aryl methyl sites for hydroxylation is 1. The van der Waals surface area contributed by atoms with Gasteiger partial charge in [-0.05, 0) is 75.6 Å². The average Bonchev–Trinajstić information content (AvgIpc) is 3.04. The lowest BCUT2D eigenvalue weighted by Crippen LogP contribution is -2.37. The van der Waals surface area contributed by atoms with Crippen molar-refractivity contribution in [3.8, 4) is 0 Å². The number of hydrogen-bond acceptors (Lipinski definition) is 3. The van der Waals surface area contributed by atoms with Crippen LogP contribution < -0.4 is 0 Å². The Kier molecular flexibility index (Phi) is 5.35. The third kappa shape index (κ3) is 4.22. The van der Waals surface area contributed by atoms with Gasteiger partial charge in [-0.25, -0.2) is 4.39 Å². The minimum absolute atomic E-state index is 0.263. The molecule has 1 saturated carbocycles. The van der Waals surface area contributed by atoms with Gasteiger partial charge in [0.25, 0.3) is 0 Å². The number of hydrogen-bond donors (Lipinski definition) is 0. The molecule has 1 aromatic heterocycles. The van der Waals surface area contributed by atoms with Crippen molar-refractivity contribution >= 4 is 11.0 Å². The number of nitrogens with zero attached hydrogens (tertiary/aromatic N) is 2. The van der Waals surface area contributed by atoms with E-state index in [1.54, 1.807) is 6.07 Å². The number of likely N-dealkylation sites (tertiary alicyclic amines) is 1. The maximum atomic E-state index is 13.2. The van der Waals surface area contributed by atoms with E-state index in [0.29, 0.717) is 5.58 Å². The molecule has 1 saturated heterocycles. The van der Waals surface area contributed by atoms with Gasteiger partial charge in [0.05, 0.1) is 5.69 Å². The molecule has 1 aliphatic carbocycles. The van der Waals surface area contributed by atoms with Crippen LogP contribution in [0.1, 0.15) is 57.1 Å². The molecule has 0 spiro atoms. The molecule has 2 aromatic rings. The Morgan fingerprint density at radius 2 is 1.84 bits per heavy atom. The second-order valence-corrected chi connectivity index (χ2v) is 8.06. The Labute approximate surface area is 149 Å². The van der Waals surface area contributed by atoms with Gasteiger partial charge in [0.15, 0.2) is 5.58 Å². The first kappa shape index (κ1) is 17.0. The molecule has 4 heteroatoms. The summed E-state index contributed by atoms with van der Waals surface area (Å²) in [6.45, 7) is 3.84. The summed E-state index contributed by atoms with van der Waals surface area (Å²) in [7, 11) is 0. The van der Waals surface area contributed by atoms with Gasteiger partial charge < -0.3 is 9.42 Å². The van der Waals surface area contributed by atoms with Crippen LogP contribution in [0.25, 0.3) is 11.0 Å². The van der Waals surface area contributed by atoms with Crippen molar-refractivity contribution in [3.05, 3.63) is 29.7 Å². The molecule has 0 radical (unpaired) electrons. The molecule has 136 valence electrons. The summed E-state index contributed by atoms with van der Waals surface area (Å²) in [4.78, 5) is 2.70. The maximum Gasteiger partial charge on any atom is 0.170 e. The summed E-state index contributed by atoms with van der Waals surface area (Å²) in [5.74, 6) is 1.47. The minimum atomic E-state index is -0.263. The van der Waals surface area contributed by atoms with Gasteiger partial charge in [-0.3, -0.25) is 0 Å². The zero-order valence-corrected chi connectivity index (χ0v) is 15.1. The highest BCUT2D eigenvalue weighted by molar-refractivity contribution is 5.79. The van der Waals surface area contributed by atoms with Crippen molar-refractivity contribution in [1.29, 1.82) is 0 Å². The van der Waals surface area contributed by atoms with E-state index in [1.165, 1.54) is 76.7 Å². The summed E-state index contributed by atoms with van der Waals surface area (Å²) in [6.07, 6.45) is 11.9. The smallest absolute Gasteiger partial charge is 0.170 e. The van der Waals surface area contributed by atoms with Crippen molar-refractivity contribution in [3.63, 3.8) is 0 Å². The highest BCUT2D eigenvalue weighted by Crippen LogP contribution is 2.28. The lowest BCUT2D eigenvalue weighted by atomic mass is 9.87. The van der Waals surface area contributed by atoms with E-state index >= 15 is 0 Å². The van der Waals surface area contributed by atoms with Crippen molar-refractivity contribution < 1.29 is 8.91 Å². The predicted molar refractivity (Wildman–Crippen MR) is 98.0 cm³/mol. The van der Waals surface area contributed by atoms with Gasteiger partial charge in [-0.15, -0.1) is 0 Å². The van der Waals surface area contributed by atoms with Crippen LogP contribution in [0.15, 0.2) is 22.7 Å². The van der Waals surface area contributed by atoms with E-state index in [0.717, 1.165) is 35.8 Å². The maximum absolute atomic E-state index is 13.2. The van der Waals surface area contributed by atoms with Crippen molar-refractivity contribution in [1.82, 2.24) is 10.1 Å². The van der Waals surface area contributed by atoms with Gasteiger partial charge in [0, 0.05) is 18.0 Å². The summed E-state index contributed by atoms with van der Waals surface area (Å²) < 4.78 is 18.5. The van der Waals surface area contributed by atoms with E-state index in [4.69, 9.17) is 4.52 Å². The van der Waals surface area contributed by atoms with Gasteiger partial charge in [-0.1, -0.05) is 24.4 Å². The molecular formula is C21H29FN2O. The molecule has 3 nitrogen and oxygen atoms in total. The van der Waals surface area contributed by atoms with E-state index < -0.39 is 0 Å². The second kappa shape index (κ2) is 7.86. The molecular weight excluding hydrogens is 315 g/mol. The Hall–Kier alpha value is -1.42. The molecule has 2 heterocycles. The third-order valence-electron chi connectivity index (χ3n) is 6.25. The molecule has 0 N–H and O–H groups in total. The average molecular weight is 344 g/mol. The molecule has 1 aliphatic heterocycles. The topological polar surface area (TPSA) is 29.3 Å². The predicted octanol–water partition coefficient (Wildman–Crippen LogP) is 5.19. The monoisotopic (exact) mass is 344 g/mol. The van der Waals surface area contributed by atoms with E-state index in [1.807, 2.05) is 0 Å². The normalized spacial score (nSPS) is 21.2. The van der Waals surface area contributed by atoms with Crippen LogP contribution in [0, 0.1) is 17.7 Å². The van der Waals surface area contributed by atoms with Crippen LogP contribution in [-0.4, -0.2) is 29.7 Å². The van der Waals surface area contributed by atoms with Crippen LogP contribution in [0.3, 0.4) is 0 Å². The zero-order valence-electron chi connectivity index (χ0n) is 15.1. The standard InChI is InChI=1S/C21H29FN2O/c22-18-7-8-19-20(23-25-21(19)14-18)9-6-16-10-12-24(13-11-16)15-17-4-2-1-3-5-17/h7-8,14,16-17H,1-6,9-13,15H2. The Bertz CT molecular complexity index is 684. The molecule has 0 unspecified atom stereocenters. The molecule has 0 amide bonds.